The molecule has 0 aliphatic carbocycles. The number of amides is 1. The Bertz CT molecular complexity index is 784. The number of hydrogen-bond donors (Lipinski definition) is 0. The summed E-state index contributed by atoms with van der Waals surface area (Å²) < 4.78 is 5.62. The number of carbonyl (C=O) groups excluding carboxylic acids is 1. The van der Waals surface area contributed by atoms with Crippen molar-refractivity contribution in [2.45, 2.75) is 38.7 Å². The number of nitrogens with zero attached hydrogens (tertiary/aromatic N) is 2. The molecule has 2 fully saturated rings. The molecule has 28 heavy (non-hydrogen) atoms. The van der Waals surface area contributed by atoms with Gasteiger partial charge in [-0.15, -0.1) is 0 Å². The van der Waals surface area contributed by atoms with E-state index in [4.69, 9.17) is 4.74 Å². The maximum absolute atomic E-state index is 12.3. The lowest BCUT2D eigenvalue weighted by Crippen LogP contribution is -2.36. The van der Waals surface area contributed by atoms with E-state index < -0.39 is 0 Å². The van der Waals surface area contributed by atoms with Crippen LogP contribution in [-0.4, -0.2) is 43.3 Å². The lowest BCUT2D eigenvalue weighted by atomic mass is 9.90. The van der Waals surface area contributed by atoms with Gasteiger partial charge in [0.15, 0.2) is 0 Å². The second-order valence-corrected chi connectivity index (χ2v) is 8.22. The fourth-order valence-electron chi connectivity index (χ4n) is 4.37. The summed E-state index contributed by atoms with van der Waals surface area (Å²) in [5.74, 6) is 0.791. The van der Waals surface area contributed by atoms with Crippen molar-refractivity contribution < 1.29 is 9.53 Å². The predicted octanol–water partition coefficient (Wildman–Crippen LogP) is 4.67. The number of hydrogen-bond acceptors (Lipinski definition) is 3. The minimum Gasteiger partial charge on any atom is -0.444 e. The summed E-state index contributed by atoms with van der Waals surface area (Å²) in [6, 6.07) is 18.9. The van der Waals surface area contributed by atoms with Crippen LogP contribution in [0.3, 0.4) is 0 Å². The van der Waals surface area contributed by atoms with Crippen LogP contribution in [0.5, 0.6) is 0 Å². The molecular weight excluding hydrogens is 348 g/mol. The van der Waals surface area contributed by atoms with Gasteiger partial charge >= 0.3 is 6.09 Å². The molecule has 0 spiro atoms. The Morgan fingerprint density at radius 1 is 1.04 bits per heavy atom. The van der Waals surface area contributed by atoms with Crippen LogP contribution in [0.1, 0.15) is 30.4 Å². The highest BCUT2D eigenvalue weighted by Gasteiger charge is 2.32. The first-order valence-corrected chi connectivity index (χ1v) is 10.5. The second-order valence-electron chi connectivity index (χ2n) is 8.22. The quantitative estimate of drug-likeness (QED) is 0.733. The van der Waals surface area contributed by atoms with Crippen LogP contribution in [-0.2, 0) is 11.2 Å². The molecule has 2 aliphatic rings. The Morgan fingerprint density at radius 3 is 2.57 bits per heavy atom. The maximum Gasteiger partial charge on any atom is 0.414 e. The molecule has 2 aromatic rings. The molecule has 2 saturated heterocycles. The SMILES string of the molecule is Cc1cccc(N2CC(CCN3CCC(Cc4ccccc4)CC3)OC2=O)c1. The standard InChI is InChI=1S/C24H30N2O2/c1-19-6-5-9-22(16-19)26-18-23(28-24(26)27)12-15-25-13-10-21(11-14-25)17-20-7-3-2-4-8-20/h2-9,16,21,23H,10-15,17-18H2,1H3. The summed E-state index contributed by atoms with van der Waals surface area (Å²) in [5, 5.41) is 0. The predicted molar refractivity (Wildman–Crippen MR) is 113 cm³/mol. The monoisotopic (exact) mass is 378 g/mol. The molecule has 0 saturated carbocycles. The summed E-state index contributed by atoms with van der Waals surface area (Å²) in [7, 11) is 0. The van der Waals surface area contributed by atoms with Gasteiger partial charge in [0, 0.05) is 12.2 Å². The van der Waals surface area contributed by atoms with E-state index >= 15 is 0 Å². The van der Waals surface area contributed by atoms with Crippen LogP contribution in [0, 0.1) is 12.8 Å². The zero-order chi connectivity index (χ0) is 19.3. The number of likely N-dealkylation sites (tertiary alicyclic amines) is 1. The van der Waals surface area contributed by atoms with Crippen molar-refractivity contribution in [2.75, 3.05) is 31.1 Å². The lowest BCUT2D eigenvalue weighted by Gasteiger charge is -2.32. The number of benzene rings is 2. The number of anilines is 1. The molecule has 0 radical (unpaired) electrons. The number of rotatable bonds is 6. The van der Waals surface area contributed by atoms with Crippen molar-refractivity contribution in [3.63, 3.8) is 0 Å². The molecule has 4 rings (SSSR count). The van der Waals surface area contributed by atoms with Crippen molar-refractivity contribution in [3.05, 3.63) is 65.7 Å². The number of aryl methyl sites for hydroxylation is 1. The lowest BCUT2D eigenvalue weighted by molar-refractivity contribution is 0.116. The third kappa shape index (κ3) is 4.74. The van der Waals surface area contributed by atoms with Crippen LogP contribution < -0.4 is 4.90 Å². The number of cyclic esters (lactones) is 1. The summed E-state index contributed by atoms with van der Waals surface area (Å²) in [5.41, 5.74) is 3.55. The van der Waals surface area contributed by atoms with Gasteiger partial charge in [-0.3, -0.25) is 4.90 Å². The van der Waals surface area contributed by atoms with Crippen LogP contribution in [0.2, 0.25) is 0 Å². The first-order valence-electron chi connectivity index (χ1n) is 10.5. The van der Waals surface area contributed by atoms with Crippen LogP contribution in [0.15, 0.2) is 54.6 Å². The molecule has 2 aromatic carbocycles. The third-order valence-electron chi connectivity index (χ3n) is 6.03. The van der Waals surface area contributed by atoms with E-state index in [1.807, 2.05) is 31.2 Å². The van der Waals surface area contributed by atoms with Gasteiger partial charge in [0.2, 0.25) is 0 Å². The van der Waals surface area contributed by atoms with Gasteiger partial charge in [-0.25, -0.2) is 4.79 Å². The van der Waals surface area contributed by atoms with Gasteiger partial charge in [-0.1, -0.05) is 42.5 Å². The first kappa shape index (κ1) is 19.0. The molecule has 0 bridgehead atoms. The Hall–Kier alpha value is -2.33. The molecular formula is C24H30N2O2. The van der Waals surface area contributed by atoms with Crippen LogP contribution in [0.25, 0.3) is 0 Å². The molecule has 1 atom stereocenters. The topological polar surface area (TPSA) is 32.8 Å². The molecule has 4 nitrogen and oxygen atoms in total. The zero-order valence-electron chi connectivity index (χ0n) is 16.7. The van der Waals surface area contributed by atoms with Crippen molar-refractivity contribution in [1.82, 2.24) is 4.90 Å². The zero-order valence-corrected chi connectivity index (χ0v) is 16.7. The largest absolute Gasteiger partial charge is 0.444 e. The fourth-order valence-corrected chi connectivity index (χ4v) is 4.37. The van der Waals surface area contributed by atoms with Crippen molar-refractivity contribution in [1.29, 1.82) is 0 Å². The normalized spacial score (nSPS) is 21.1. The minimum atomic E-state index is -0.211. The summed E-state index contributed by atoms with van der Waals surface area (Å²) in [6.07, 6.45) is 4.41. The van der Waals surface area contributed by atoms with Crippen molar-refractivity contribution in [2.24, 2.45) is 5.92 Å². The summed E-state index contributed by atoms with van der Waals surface area (Å²) in [6.45, 7) is 6.02. The van der Waals surface area contributed by atoms with E-state index in [1.54, 1.807) is 4.90 Å². The highest BCUT2D eigenvalue weighted by atomic mass is 16.6. The number of piperidine rings is 1. The summed E-state index contributed by atoms with van der Waals surface area (Å²) in [4.78, 5) is 16.6. The number of carbonyl (C=O) groups is 1. The molecule has 4 heteroatoms. The molecule has 0 N–H and O–H groups in total. The maximum atomic E-state index is 12.3. The van der Waals surface area contributed by atoms with E-state index in [-0.39, 0.29) is 12.2 Å². The van der Waals surface area contributed by atoms with Crippen LogP contribution >= 0.6 is 0 Å². The van der Waals surface area contributed by atoms with Gasteiger partial charge in [0.25, 0.3) is 0 Å². The highest BCUT2D eigenvalue weighted by molar-refractivity contribution is 5.89. The summed E-state index contributed by atoms with van der Waals surface area (Å²) >= 11 is 0. The van der Waals surface area contributed by atoms with Crippen molar-refractivity contribution >= 4 is 11.8 Å². The molecule has 2 aliphatic heterocycles. The number of ether oxygens (including phenoxy) is 1. The average Bonchev–Trinajstić information content (AvgIpc) is 3.09. The Labute approximate surface area is 168 Å². The highest BCUT2D eigenvalue weighted by Crippen LogP contribution is 2.25. The molecule has 1 amide bonds. The Balaban J connectivity index is 1.21. The Morgan fingerprint density at radius 2 is 1.82 bits per heavy atom. The van der Waals surface area contributed by atoms with E-state index in [9.17, 15) is 4.79 Å². The average molecular weight is 379 g/mol. The smallest absolute Gasteiger partial charge is 0.414 e. The van der Waals surface area contributed by atoms with Gasteiger partial charge in [-0.2, -0.15) is 0 Å². The van der Waals surface area contributed by atoms with E-state index in [0.29, 0.717) is 6.54 Å². The van der Waals surface area contributed by atoms with E-state index in [2.05, 4.69) is 35.2 Å². The van der Waals surface area contributed by atoms with E-state index in [1.165, 1.54) is 24.8 Å². The molecule has 148 valence electrons. The van der Waals surface area contributed by atoms with Crippen molar-refractivity contribution in [3.8, 4) is 0 Å². The molecule has 2 heterocycles. The molecule has 1 unspecified atom stereocenters. The second kappa shape index (κ2) is 8.78. The minimum absolute atomic E-state index is 0.00458. The molecule has 0 aromatic heterocycles. The van der Waals surface area contributed by atoms with E-state index in [0.717, 1.165) is 43.2 Å². The van der Waals surface area contributed by atoms with Gasteiger partial charge in [-0.05, 0) is 74.9 Å². The first-order chi connectivity index (χ1) is 13.7. The van der Waals surface area contributed by atoms with Gasteiger partial charge in [0.1, 0.15) is 6.10 Å². The Kier molecular flexibility index (Phi) is 5.96. The van der Waals surface area contributed by atoms with Gasteiger partial charge in [0.05, 0.1) is 6.54 Å². The van der Waals surface area contributed by atoms with Crippen LogP contribution in [0.4, 0.5) is 10.5 Å². The fraction of sp³-hybridized carbons (Fsp3) is 0.458. The third-order valence-corrected chi connectivity index (χ3v) is 6.03. The van der Waals surface area contributed by atoms with Gasteiger partial charge < -0.3 is 9.64 Å².